The van der Waals surface area contributed by atoms with Gasteiger partial charge in [0.1, 0.15) is 0 Å². The average molecular weight is 273 g/mol. The Bertz CT molecular complexity index is 433. The molecule has 1 aromatic rings. The smallest absolute Gasteiger partial charge is 0.196 e. The maximum Gasteiger partial charge on any atom is 0.196 e. The molecule has 5 heteroatoms. The molecule has 0 saturated heterocycles. The fourth-order valence-electron chi connectivity index (χ4n) is 2.60. The molecule has 1 fully saturated rings. The molecule has 2 nitrogen and oxygen atoms in total. The summed E-state index contributed by atoms with van der Waals surface area (Å²) in [5.74, 6) is -3.43. The zero-order chi connectivity index (χ0) is 13.8. The molecule has 1 aliphatic rings. The molecule has 0 spiro atoms. The molecule has 0 radical (unpaired) electrons. The van der Waals surface area contributed by atoms with E-state index in [2.05, 4.69) is 5.32 Å². The number of nitrogens with one attached hydrogen (secondary N) is 1. The van der Waals surface area contributed by atoms with Crippen LogP contribution in [0.15, 0.2) is 12.1 Å². The van der Waals surface area contributed by atoms with Crippen LogP contribution >= 0.6 is 0 Å². The maximum atomic E-state index is 13.4. The van der Waals surface area contributed by atoms with Gasteiger partial charge in [-0.25, -0.2) is 13.2 Å². The van der Waals surface area contributed by atoms with Crippen molar-refractivity contribution in [3.8, 4) is 0 Å². The molecular weight excluding hydrogens is 255 g/mol. The molecule has 0 aromatic heterocycles. The molecular formula is C14H18F3NO. The molecule has 0 bridgehead atoms. The molecule has 0 aliphatic heterocycles. The van der Waals surface area contributed by atoms with Crippen LogP contribution < -0.4 is 5.32 Å². The number of anilines is 1. The zero-order valence-electron chi connectivity index (χ0n) is 10.6. The van der Waals surface area contributed by atoms with Gasteiger partial charge in [-0.15, -0.1) is 0 Å². The number of aliphatic hydroxyl groups is 1. The highest BCUT2D eigenvalue weighted by molar-refractivity contribution is 5.45. The van der Waals surface area contributed by atoms with Crippen LogP contribution in [0, 0.1) is 23.4 Å². The number of hydrogen-bond donors (Lipinski definition) is 2. The molecule has 1 aliphatic carbocycles. The van der Waals surface area contributed by atoms with Gasteiger partial charge in [0, 0.05) is 6.54 Å². The monoisotopic (exact) mass is 273 g/mol. The molecule has 1 aromatic carbocycles. The average Bonchev–Trinajstić information content (AvgIpc) is 2.88. The van der Waals surface area contributed by atoms with Crippen LogP contribution in [0.25, 0.3) is 0 Å². The van der Waals surface area contributed by atoms with E-state index in [9.17, 15) is 18.3 Å². The largest absolute Gasteiger partial charge is 0.391 e. The zero-order valence-corrected chi connectivity index (χ0v) is 10.6. The van der Waals surface area contributed by atoms with E-state index in [-0.39, 0.29) is 12.2 Å². The second-order valence-electron chi connectivity index (χ2n) is 5.14. The summed E-state index contributed by atoms with van der Waals surface area (Å²) in [4.78, 5) is 0. The summed E-state index contributed by atoms with van der Waals surface area (Å²) >= 11 is 0. The molecule has 19 heavy (non-hydrogen) atoms. The number of hydrogen-bond acceptors (Lipinski definition) is 2. The van der Waals surface area contributed by atoms with E-state index in [1.807, 2.05) is 0 Å². The Kier molecular flexibility index (Phi) is 4.69. The van der Waals surface area contributed by atoms with E-state index in [0.29, 0.717) is 12.3 Å². The number of rotatable bonds is 5. The van der Waals surface area contributed by atoms with Gasteiger partial charge in [0.25, 0.3) is 0 Å². The van der Waals surface area contributed by atoms with Gasteiger partial charge >= 0.3 is 0 Å². The first-order valence-electron chi connectivity index (χ1n) is 6.63. The number of aliphatic hydroxyl groups excluding tert-OH is 1. The highest BCUT2D eigenvalue weighted by atomic mass is 19.2. The van der Waals surface area contributed by atoms with Gasteiger partial charge in [-0.2, -0.15) is 0 Å². The maximum absolute atomic E-state index is 13.4. The summed E-state index contributed by atoms with van der Waals surface area (Å²) in [6, 6.07) is 2.00. The lowest BCUT2D eigenvalue weighted by Crippen LogP contribution is -2.22. The van der Waals surface area contributed by atoms with Crippen LogP contribution in [0.3, 0.4) is 0 Å². The van der Waals surface area contributed by atoms with Crippen LogP contribution in [-0.4, -0.2) is 17.8 Å². The molecule has 0 amide bonds. The van der Waals surface area contributed by atoms with Gasteiger partial charge in [0.05, 0.1) is 11.8 Å². The predicted molar refractivity (Wildman–Crippen MR) is 67.4 cm³/mol. The Labute approximate surface area is 110 Å². The minimum Gasteiger partial charge on any atom is -0.391 e. The lowest BCUT2D eigenvalue weighted by molar-refractivity contribution is 0.155. The van der Waals surface area contributed by atoms with Crippen molar-refractivity contribution in [1.82, 2.24) is 0 Å². The summed E-state index contributed by atoms with van der Waals surface area (Å²) in [5, 5.41) is 12.5. The quantitative estimate of drug-likeness (QED) is 0.805. The topological polar surface area (TPSA) is 32.3 Å². The van der Waals surface area contributed by atoms with Gasteiger partial charge in [-0.3, -0.25) is 0 Å². The lowest BCUT2D eigenvalue weighted by Gasteiger charge is -2.17. The molecule has 0 heterocycles. The van der Waals surface area contributed by atoms with Crippen molar-refractivity contribution in [3.05, 3.63) is 29.6 Å². The highest BCUT2D eigenvalue weighted by Crippen LogP contribution is 2.28. The fraction of sp³-hybridized carbons (Fsp3) is 0.571. The number of halogens is 3. The molecule has 2 N–H and O–H groups in total. The van der Waals surface area contributed by atoms with Crippen molar-refractivity contribution in [1.29, 1.82) is 0 Å². The molecule has 1 unspecified atom stereocenters. The van der Waals surface area contributed by atoms with Crippen molar-refractivity contribution in [2.24, 2.45) is 5.92 Å². The van der Waals surface area contributed by atoms with Gasteiger partial charge in [0.15, 0.2) is 17.5 Å². The van der Waals surface area contributed by atoms with E-state index >= 15 is 0 Å². The van der Waals surface area contributed by atoms with Crippen LogP contribution in [0.1, 0.15) is 32.1 Å². The minimum absolute atomic E-state index is 0.121. The van der Waals surface area contributed by atoms with E-state index in [0.717, 1.165) is 25.0 Å². The first-order chi connectivity index (χ1) is 9.08. The van der Waals surface area contributed by atoms with Gasteiger partial charge in [-0.1, -0.05) is 25.7 Å². The third-order valence-electron chi connectivity index (χ3n) is 3.64. The summed E-state index contributed by atoms with van der Waals surface area (Å²) in [6.07, 6.45) is 4.70. The first-order valence-corrected chi connectivity index (χ1v) is 6.63. The summed E-state index contributed by atoms with van der Waals surface area (Å²) in [6.45, 7) is 0.137. The van der Waals surface area contributed by atoms with Crippen molar-refractivity contribution >= 4 is 5.69 Å². The second kappa shape index (κ2) is 6.28. The van der Waals surface area contributed by atoms with E-state index in [1.54, 1.807) is 0 Å². The summed E-state index contributed by atoms with van der Waals surface area (Å²) < 4.78 is 39.1. The minimum atomic E-state index is -1.49. The predicted octanol–water partition coefficient (Wildman–Crippen LogP) is 3.46. The van der Waals surface area contributed by atoms with E-state index in [1.165, 1.54) is 12.8 Å². The van der Waals surface area contributed by atoms with Crippen molar-refractivity contribution in [3.63, 3.8) is 0 Å². The third kappa shape index (κ3) is 3.62. The van der Waals surface area contributed by atoms with E-state index in [4.69, 9.17) is 0 Å². The Morgan fingerprint density at radius 1 is 1.16 bits per heavy atom. The standard InChI is InChI=1S/C14H18F3NO/c15-11-5-6-12(14(17)13(11)16)18-8-10(19)7-9-3-1-2-4-9/h5-6,9-10,18-19H,1-4,7-8H2. The van der Waals surface area contributed by atoms with Crippen LogP contribution in [0.5, 0.6) is 0 Å². The first kappa shape index (κ1) is 14.2. The van der Waals surface area contributed by atoms with E-state index < -0.39 is 23.6 Å². The Hall–Kier alpha value is -1.23. The normalized spacial score (nSPS) is 17.7. The summed E-state index contributed by atoms with van der Waals surface area (Å²) in [7, 11) is 0. The second-order valence-corrected chi connectivity index (χ2v) is 5.14. The molecule has 1 saturated carbocycles. The fourth-order valence-corrected chi connectivity index (χ4v) is 2.60. The Balaban J connectivity index is 1.86. The Morgan fingerprint density at radius 2 is 1.84 bits per heavy atom. The van der Waals surface area contributed by atoms with Crippen LogP contribution in [0.2, 0.25) is 0 Å². The molecule has 1 atom stereocenters. The lowest BCUT2D eigenvalue weighted by atomic mass is 10.00. The highest BCUT2D eigenvalue weighted by Gasteiger charge is 2.19. The van der Waals surface area contributed by atoms with Crippen molar-refractivity contribution in [2.75, 3.05) is 11.9 Å². The van der Waals surface area contributed by atoms with Crippen molar-refractivity contribution < 1.29 is 18.3 Å². The third-order valence-corrected chi connectivity index (χ3v) is 3.64. The van der Waals surface area contributed by atoms with Crippen molar-refractivity contribution in [2.45, 2.75) is 38.2 Å². The van der Waals surface area contributed by atoms with Crippen LogP contribution in [0.4, 0.5) is 18.9 Å². The SMILES string of the molecule is OC(CNc1ccc(F)c(F)c1F)CC1CCCC1. The Morgan fingerprint density at radius 3 is 2.53 bits per heavy atom. The van der Waals surface area contributed by atoms with Gasteiger partial charge in [0.2, 0.25) is 0 Å². The van der Waals surface area contributed by atoms with Gasteiger partial charge in [-0.05, 0) is 24.5 Å². The number of benzene rings is 1. The van der Waals surface area contributed by atoms with Crippen LogP contribution in [-0.2, 0) is 0 Å². The van der Waals surface area contributed by atoms with Gasteiger partial charge < -0.3 is 10.4 Å². The molecule has 2 rings (SSSR count). The summed E-state index contributed by atoms with van der Waals surface area (Å²) in [5.41, 5.74) is -0.121. The molecule has 106 valence electrons.